The van der Waals surface area contributed by atoms with Crippen molar-refractivity contribution in [3.8, 4) is 0 Å². The molecule has 2 aromatic carbocycles. The van der Waals surface area contributed by atoms with Gasteiger partial charge in [-0.2, -0.15) is 0 Å². The van der Waals surface area contributed by atoms with Gasteiger partial charge in [0, 0.05) is 52.6 Å². The standard InChI is InChI=1S/C42H32O4S2/c43-35-25-11-3-4-12-26(25)36(44)29(35)19-23-21-31-39(47-23)34-33(41(31)15-7-1-8-16-41)40-32(42(34)17-9-2-10-18-42)22-24(48-40)20-30-37(45)27-13-5-6-14-28(27)38(30)46/h3-6,11-14,19-22H,1-2,7-10,15-18H2. The van der Waals surface area contributed by atoms with E-state index in [0.717, 1.165) is 35.4 Å². The molecule has 10 rings (SSSR count). The van der Waals surface area contributed by atoms with Crippen LogP contribution in [0.4, 0.5) is 0 Å². The molecule has 6 aliphatic carbocycles. The van der Waals surface area contributed by atoms with Crippen molar-refractivity contribution < 1.29 is 19.2 Å². The molecule has 0 amide bonds. The molecule has 0 atom stereocenters. The van der Waals surface area contributed by atoms with Crippen molar-refractivity contribution >= 4 is 69.1 Å². The Balaban J connectivity index is 1.13. The van der Waals surface area contributed by atoms with Crippen LogP contribution in [-0.4, -0.2) is 23.1 Å². The molecule has 6 heteroatoms. The zero-order chi connectivity index (χ0) is 32.4. The van der Waals surface area contributed by atoms with Crippen LogP contribution in [0.3, 0.4) is 0 Å². The van der Waals surface area contributed by atoms with Gasteiger partial charge < -0.3 is 0 Å². The van der Waals surface area contributed by atoms with Crippen LogP contribution in [-0.2, 0) is 10.8 Å². The van der Waals surface area contributed by atoms with Gasteiger partial charge >= 0.3 is 0 Å². The Bertz CT molecular complexity index is 2040. The third kappa shape index (κ3) is 3.65. The maximum absolute atomic E-state index is 13.3. The topological polar surface area (TPSA) is 68.3 Å². The first-order chi connectivity index (χ1) is 23.4. The first-order valence-corrected chi connectivity index (χ1v) is 18.9. The lowest BCUT2D eigenvalue weighted by Crippen LogP contribution is -2.28. The van der Waals surface area contributed by atoms with Crippen LogP contribution >= 0.6 is 22.7 Å². The summed E-state index contributed by atoms with van der Waals surface area (Å²) in [6.07, 6.45) is 15.2. The van der Waals surface area contributed by atoms with Gasteiger partial charge in [0.05, 0.1) is 11.1 Å². The van der Waals surface area contributed by atoms with Gasteiger partial charge in [0.15, 0.2) is 23.1 Å². The Morgan fingerprint density at radius 3 is 1.15 bits per heavy atom. The van der Waals surface area contributed by atoms with Crippen molar-refractivity contribution in [2.45, 2.75) is 75.0 Å². The van der Waals surface area contributed by atoms with Gasteiger partial charge in [-0.25, -0.2) is 0 Å². The van der Waals surface area contributed by atoms with Crippen molar-refractivity contribution in [3.05, 3.63) is 125 Å². The highest BCUT2D eigenvalue weighted by Gasteiger charge is 2.58. The number of carbonyl (C=O) groups excluding carboxylic acids is 4. The summed E-state index contributed by atoms with van der Waals surface area (Å²) in [5, 5.41) is 0. The Labute approximate surface area is 286 Å². The number of allylic oxidation sites excluding steroid dienone is 4. The Kier molecular flexibility index (Phi) is 6.06. The quantitative estimate of drug-likeness (QED) is 0.158. The van der Waals surface area contributed by atoms with Gasteiger partial charge in [0.1, 0.15) is 0 Å². The first kappa shape index (κ1) is 28.7. The Morgan fingerprint density at radius 2 is 0.812 bits per heavy atom. The van der Waals surface area contributed by atoms with Crippen molar-refractivity contribution in [1.82, 2.24) is 0 Å². The fraction of sp³-hybridized carbons (Fsp3) is 0.286. The van der Waals surface area contributed by atoms with E-state index in [-0.39, 0.29) is 45.1 Å². The largest absolute Gasteiger partial charge is 0.288 e. The minimum atomic E-state index is -0.174. The number of fused-ring (bicyclic) bond motifs is 10. The summed E-state index contributed by atoms with van der Waals surface area (Å²) in [5.74, 6) is -0.696. The molecular weight excluding hydrogens is 633 g/mol. The Morgan fingerprint density at radius 1 is 0.479 bits per heavy atom. The van der Waals surface area contributed by atoms with E-state index in [0.29, 0.717) is 22.3 Å². The minimum Gasteiger partial charge on any atom is -0.288 e. The predicted molar refractivity (Wildman–Crippen MR) is 191 cm³/mol. The zero-order valence-electron chi connectivity index (χ0n) is 26.4. The number of hydrogen-bond acceptors (Lipinski definition) is 6. The lowest BCUT2D eigenvalue weighted by atomic mass is 9.67. The molecule has 2 aromatic heterocycles. The van der Waals surface area contributed by atoms with Crippen molar-refractivity contribution in [1.29, 1.82) is 0 Å². The van der Waals surface area contributed by atoms with Crippen molar-refractivity contribution in [3.63, 3.8) is 0 Å². The van der Waals surface area contributed by atoms with Crippen LogP contribution in [0.2, 0.25) is 0 Å². The van der Waals surface area contributed by atoms with Crippen LogP contribution < -0.4 is 0 Å². The molecule has 0 radical (unpaired) electrons. The first-order valence-electron chi connectivity index (χ1n) is 17.3. The number of thiophene rings is 2. The maximum atomic E-state index is 13.3. The molecule has 2 spiro atoms. The molecule has 2 fully saturated rings. The summed E-state index contributed by atoms with van der Waals surface area (Å²) in [6.45, 7) is 0. The second-order valence-corrected chi connectivity index (χ2v) is 16.5. The molecule has 0 saturated heterocycles. The molecule has 2 saturated carbocycles. The fourth-order valence-electron chi connectivity index (χ4n) is 9.90. The van der Waals surface area contributed by atoms with E-state index >= 15 is 0 Å². The van der Waals surface area contributed by atoms with Crippen LogP contribution in [0.1, 0.15) is 136 Å². The highest BCUT2D eigenvalue weighted by atomic mass is 32.1. The molecule has 236 valence electrons. The monoisotopic (exact) mass is 664 g/mol. The summed E-state index contributed by atoms with van der Waals surface area (Å²) < 4.78 is 0. The van der Waals surface area contributed by atoms with E-state index in [1.807, 2.05) is 36.4 Å². The zero-order valence-corrected chi connectivity index (χ0v) is 28.1. The number of Topliss-reactive ketones (excluding diaryl/α,β-unsaturated/α-hetero) is 4. The van der Waals surface area contributed by atoms with Crippen LogP contribution in [0.15, 0.2) is 71.8 Å². The minimum absolute atomic E-state index is 0.0942. The second kappa shape index (κ2) is 10.1. The van der Waals surface area contributed by atoms with Crippen LogP contribution in [0, 0.1) is 0 Å². The number of carbonyl (C=O) groups is 4. The number of rotatable bonds is 2. The van der Waals surface area contributed by atoms with Gasteiger partial charge in [-0.05, 0) is 72.2 Å². The van der Waals surface area contributed by atoms with Gasteiger partial charge in [-0.15, -0.1) is 22.7 Å². The number of hydrogen-bond donors (Lipinski definition) is 0. The molecule has 4 nitrogen and oxygen atoms in total. The van der Waals surface area contributed by atoms with Crippen LogP contribution in [0.5, 0.6) is 0 Å². The highest BCUT2D eigenvalue weighted by Crippen LogP contribution is 2.71. The average molecular weight is 665 g/mol. The van der Waals surface area contributed by atoms with E-state index in [2.05, 4.69) is 12.1 Å². The molecule has 0 unspecified atom stereocenters. The molecule has 0 aliphatic heterocycles. The SMILES string of the molecule is O=C1C(=Cc2cc3c(s2)C2=C(c4sc(C=C5C(=O)c6ccccc6C5=O)cc4C24CCCCC4)C32CCCCC2)C(=O)c2ccccc21. The predicted octanol–water partition coefficient (Wildman–Crippen LogP) is 10.1. The molecule has 4 aromatic rings. The van der Waals surface area contributed by atoms with E-state index in [4.69, 9.17) is 0 Å². The number of benzene rings is 2. The van der Waals surface area contributed by atoms with Gasteiger partial charge in [-0.3, -0.25) is 19.2 Å². The maximum Gasteiger partial charge on any atom is 0.197 e. The van der Waals surface area contributed by atoms with Gasteiger partial charge in [-0.1, -0.05) is 87.1 Å². The van der Waals surface area contributed by atoms with Crippen molar-refractivity contribution in [2.75, 3.05) is 0 Å². The average Bonchev–Trinajstić information content (AvgIpc) is 3.93. The van der Waals surface area contributed by atoms with Crippen molar-refractivity contribution in [2.24, 2.45) is 0 Å². The third-order valence-electron chi connectivity index (χ3n) is 12.0. The lowest BCUT2D eigenvalue weighted by Gasteiger charge is -2.37. The Hall–Kier alpha value is -4.26. The lowest BCUT2D eigenvalue weighted by molar-refractivity contribution is 0.0975. The summed E-state index contributed by atoms with van der Waals surface area (Å²) >= 11 is 3.53. The van der Waals surface area contributed by atoms with Gasteiger partial charge in [0.2, 0.25) is 0 Å². The highest BCUT2D eigenvalue weighted by molar-refractivity contribution is 7.16. The molecular formula is C42H32O4S2. The summed E-state index contributed by atoms with van der Waals surface area (Å²) in [6, 6.07) is 18.9. The summed E-state index contributed by atoms with van der Waals surface area (Å²) in [4.78, 5) is 58.1. The second-order valence-electron chi connectivity index (χ2n) is 14.3. The summed E-state index contributed by atoms with van der Waals surface area (Å²) in [5.41, 5.74) is 8.16. The molecule has 6 aliphatic rings. The molecule has 0 bridgehead atoms. The molecule has 48 heavy (non-hydrogen) atoms. The fourth-order valence-corrected chi connectivity index (χ4v) is 12.6. The van der Waals surface area contributed by atoms with E-state index in [9.17, 15) is 19.2 Å². The van der Waals surface area contributed by atoms with E-state index in [1.54, 1.807) is 46.9 Å². The molecule has 0 N–H and O–H groups in total. The molecule has 2 heterocycles. The van der Waals surface area contributed by atoms with E-state index in [1.165, 1.54) is 70.6 Å². The van der Waals surface area contributed by atoms with Gasteiger partial charge in [0.25, 0.3) is 0 Å². The van der Waals surface area contributed by atoms with E-state index < -0.39 is 0 Å². The third-order valence-corrected chi connectivity index (χ3v) is 14.2. The normalized spacial score (nSPS) is 21.2. The summed E-state index contributed by atoms with van der Waals surface area (Å²) in [7, 11) is 0. The number of ketones is 4. The van der Waals surface area contributed by atoms with Crippen LogP contribution in [0.25, 0.3) is 23.3 Å². The smallest absolute Gasteiger partial charge is 0.197 e.